The molecule has 0 radical (unpaired) electrons. The van der Waals surface area contributed by atoms with Crippen molar-refractivity contribution in [2.45, 2.75) is 158 Å². The molecule has 8 rings (SSSR count). The highest BCUT2D eigenvalue weighted by Gasteiger charge is 2.47. The van der Waals surface area contributed by atoms with Crippen LogP contribution in [0, 0.1) is 5.92 Å². The van der Waals surface area contributed by atoms with E-state index in [1.165, 1.54) is 38.7 Å². The molecule has 0 aromatic heterocycles. The minimum absolute atomic E-state index is 0.0347. The Morgan fingerprint density at radius 2 is 0.837 bits per heavy atom. The predicted molar refractivity (Wildman–Crippen MR) is 317 cm³/mol. The van der Waals surface area contributed by atoms with Crippen molar-refractivity contribution in [1.82, 2.24) is 46.2 Å². The summed E-state index contributed by atoms with van der Waals surface area (Å²) in [6, 6.07) is 22.5. The summed E-state index contributed by atoms with van der Waals surface area (Å²) in [5.74, 6) is -6.94. The number of benzene rings is 4. The van der Waals surface area contributed by atoms with Crippen molar-refractivity contribution in [2.75, 3.05) is 26.2 Å². The maximum atomic E-state index is 14.9. The van der Waals surface area contributed by atoms with E-state index < -0.39 is 125 Å². The topological polar surface area (TPSA) is 310 Å². The first-order valence-electron chi connectivity index (χ1n) is 29.9. The summed E-state index contributed by atoms with van der Waals surface area (Å²) < 4.78 is 0. The maximum absolute atomic E-state index is 14.9. The molecular weight excluding hydrogens is 1100 g/mol. The Hall–Kier alpha value is -8.66. The van der Waals surface area contributed by atoms with Crippen molar-refractivity contribution < 1.29 is 58.2 Å². The van der Waals surface area contributed by atoms with Gasteiger partial charge in [-0.15, -0.1) is 0 Å². The molecule has 4 heterocycles. The summed E-state index contributed by atoms with van der Waals surface area (Å²) in [6.45, 7) is 5.65. The average molecular weight is 1180 g/mol. The minimum Gasteiger partial charge on any atom is -0.508 e. The van der Waals surface area contributed by atoms with Gasteiger partial charge in [0.1, 0.15) is 60.1 Å². The zero-order valence-electron chi connectivity index (χ0n) is 49.0. The van der Waals surface area contributed by atoms with Gasteiger partial charge in [0.2, 0.25) is 53.2 Å². The van der Waals surface area contributed by atoms with Gasteiger partial charge in [-0.05, 0) is 105 Å². The van der Waals surface area contributed by atoms with Crippen molar-refractivity contribution >= 4 is 59.1 Å². The molecule has 0 bridgehead atoms. The molecule has 22 nitrogen and oxygen atoms in total. The highest BCUT2D eigenvalue weighted by molar-refractivity contribution is 5.99. The number of carbonyl (C=O) groups is 10. The zero-order valence-corrected chi connectivity index (χ0v) is 49.0. The lowest BCUT2D eigenvalue weighted by Crippen LogP contribution is -2.61. The number of nitrogens with one attached hydrogen (secondary N) is 5. The van der Waals surface area contributed by atoms with Crippen LogP contribution < -0.4 is 32.3 Å². The lowest BCUT2D eigenvalue weighted by Gasteiger charge is -2.34. The van der Waals surface area contributed by atoms with Gasteiger partial charge in [-0.2, -0.15) is 0 Å². The molecule has 4 aliphatic rings. The first-order chi connectivity index (χ1) is 41.3. The molecule has 4 aromatic rings. The van der Waals surface area contributed by atoms with Crippen molar-refractivity contribution in [3.05, 3.63) is 138 Å². The highest BCUT2D eigenvalue weighted by atomic mass is 16.4. The number of nitrogens with zero attached hydrogens (tertiary/aromatic N) is 4. The Morgan fingerprint density at radius 1 is 0.453 bits per heavy atom. The SMILES string of the molecule is CC(C)[C@H](NC(=O)[C@H](Cc1ccccc1)NC(=O)[C@H](Cc1ccc(O)cc1)NC(=O)[C@@H]1CCCN1C(=O)[C@@H]1CCCN1C(=O)[C@H](Cc1ccccc1)NC(=O)[C@@H](N)Cc1ccccc1)C(=O)N1CCC[C@H]1C(=O)N1CCC[C@H]1C(=O)N[C@@H](C)C(=O)O. The number of aliphatic carboxylic acids is 1. The zero-order chi connectivity index (χ0) is 61.6. The third-order valence-corrected chi connectivity index (χ3v) is 16.7. The number of carbonyl (C=O) groups excluding carboxylic acids is 9. The van der Waals surface area contributed by atoms with Crippen molar-refractivity contribution in [2.24, 2.45) is 11.7 Å². The minimum atomic E-state index is -1.35. The van der Waals surface area contributed by atoms with Crippen LogP contribution in [0.2, 0.25) is 0 Å². The van der Waals surface area contributed by atoms with E-state index in [-0.39, 0.29) is 64.0 Å². The summed E-state index contributed by atoms with van der Waals surface area (Å²) >= 11 is 0. The fourth-order valence-electron chi connectivity index (χ4n) is 12.0. The summed E-state index contributed by atoms with van der Waals surface area (Å²) in [5, 5.41) is 33.5. The Morgan fingerprint density at radius 3 is 1.31 bits per heavy atom. The molecule has 9 amide bonds. The van der Waals surface area contributed by atoms with Gasteiger partial charge in [0, 0.05) is 45.4 Å². The quantitative estimate of drug-likeness (QED) is 0.0500. The van der Waals surface area contributed by atoms with Crippen LogP contribution in [0.5, 0.6) is 5.75 Å². The number of carboxylic acids is 1. The molecule has 0 unspecified atom stereocenters. The van der Waals surface area contributed by atoms with Crippen molar-refractivity contribution in [3.63, 3.8) is 0 Å². The first-order valence-corrected chi connectivity index (χ1v) is 29.9. The van der Waals surface area contributed by atoms with Crippen LogP contribution in [0.1, 0.15) is 94.4 Å². The van der Waals surface area contributed by atoms with Crippen molar-refractivity contribution in [3.8, 4) is 5.75 Å². The van der Waals surface area contributed by atoms with Gasteiger partial charge in [0.15, 0.2) is 0 Å². The van der Waals surface area contributed by atoms with Gasteiger partial charge < -0.3 is 62.1 Å². The number of hydrogen-bond acceptors (Lipinski definition) is 12. The molecule has 9 N–H and O–H groups in total. The van der Waals surface area contributed by atoms with E-state index in [4.69, 9.17) is 5.73 Å². The molecule has 4 fully saturated rings. The molecule has 458 valence electrons. The van der Waals surface area contributed by atoms with Crippen LogP contribution in [0.15, 0.2) is 115 Å². The largest absolute Gasteiger partial charge is 0.508 e. The van der Waals surface area contributed by atoms with Crippen LogP contribution in [0.4, 0.5) is 0 Å². The second-order valence-corrected chi connectivity index (χ2v) is 23.3. The average Bonchev–Trinajstić information content (AvgIpc) is 2.27. The Bertz CT molecular complexity index is 3060. The molecule has 86 heavy (non-hydrogen) atoms. The number of rotatable bonds is 24. The fraction of sp³-hybridized carbons (Fsp3) is 0.469. The highest BCUT2D eigenvalue weighted by Crippen LogP contribution is 2.29. The fourth-order valence-corrected chi connectivity index (χ4v) is 12.0. The number of phenols is 1. The van der Waals surface area contributed by atoms with E-state index in [9.17, 15) is 58.2 Å². The first kappa shape index (κ1) is 63.4. The van der Waals surface area contributed by atoms with Gasteiger partial charge in [-0.3, -0.25) is 47.9 Å². The monoisotopic (exact) mass is 1180 g/mol. The second kappa shape index (κ2) is 29.4. The van der Waals surface area contributed by atoms with Crippen molar-refractivity contribution in [1.29, 1.82) is 0 Å². The summed E-state index contributed by atoms with van der Waals surface area (Å²) in [7, 11) is 0. The van der Waals surface area contributed by atoms with Gasteiger partial charge in [0.05, 0.1) is 6.04 Å². The number of hydrogen-bond donors (Lipinski definition) is 8. The molecule has 10 atom stereocenters. The Balaban J connectivity index is 0.980. The van der Waals surface area contributed by atoms with E-state index in [1.807, 2.05) is 60.7 Å². The molecule has 4 aliphatic heterocycles. The van der Waals surface area contributed by atoms with Crippen LogP contribution in [-0.4, -0.2) is 176 Å². The van der Waals surface area contributed by atoms with Gasteiger partial charge in [0.25, 0.3) is 0 Å². The van der Waals surface area contributed by atoms with E-state index in [2.05, 4.69) is 26.6 Å². The molecule has 4 saturated heterocycles. The second-order valence-electron chi connectivity index (χ2n) is 23.3. The Kier molecular flexibility index (Phi) is 21.7. The molecule has 22 heteroatoms. The van der Waals surface area contributed by atoms with E-state index >= 15 is 0 Å². The van der Waals surface area contributed by atoms with Crippen LogP contribution in [-0.2, 0) is 73.6 Å². The maximum Gasteiger partial charge on any atom is 0.325 e. The van der Waals surface area contributed by atoms with Crippen LogP contribution in [0.3, 0.4) is 0 Å². The normalized spacial score (nSPS) is 20.5. The molecular formula is C64H80N10O12. The number of carboxylic acid groups (broad SMARTS) is 1. The molecule has 4 aromatic carbocycles. The number of amides is 9. The van der Waals surface area contributed by atoms with Gasteiger partial charge in [-0.25, -0.2) is 0 Å². The van der Waals surface area contributed by atoms with E-state index in [1.54, 1.807) is 56.3 Å². The summed E-state index contributed by atoms with van der Waals surface area (Å²) in [4.78, 5) is 147. The molecule has 0 spiro atoms. The number of likely N-dealkylation sites (tertiary alicyclic amines) is 4. The smallest absolute Gasteiger partial charge is 0.325 e. The predicted octanol–water partition coefficient (Wildman–Crippen LogP) is 2.14. The van der Waals surface area contributed by atoms with E-state index in [0.29, 0.717) is 56.1 Å². The summed E-state index contributed by atoms with van der Waals surface area (Å²) in [5.41, 5.74) is 9.23. The molecule has 0 aliphatic carbocycles. The lowest BCUT2D eigenvalue weighted by atomic mass is 9.99. The van der Waals surface area contributed by atoms with E-state index in [0.717, 1.165) is 11.1 Å². The number of phenolic OH excluding ortho intramolecular Hbond substituents is 1. The summed E-state index contributed by atoms with van der Waals surface area (Å²) in [6.07, 6.45) is 3.28. The number of aromatic hydroxyl groups is 1. The third kappa shape index (κ3) is 16.0. The molecule has 0 saturated carbocycles. The van der Waals surface area contributed by atoms with Gasteiger partial charge in [-0.1, -0.05) is 117 Å². The lowest BCUT2D eigenvalue weighted by molar-refractivity contribution is -0.149. The Labute approximate surface area is 501 Å². The third-order valence-electron chi connectivity index (χ3n) is 16.7. The standard InChI is InChI=1S/C64H80N10O12/c1-39(2)54(63(84)74-34-16-26-53(74)62(83)71-31-13-23-50(71)58(79)66-40(3)64(85)86)70-57(78)48(36-42-19-9-5-10-20-42)67-56(77)47(37-44-27-29-45(75)30-28-44)68-59(80)51-24-14-32-72(51)61(82)52-25-15-33-73(52)60(81)49(38-43-21-11-6-12-22-43)69-55(76)46(65)35-41-17-7-4-8-18-41/h4-12,17-22,27-30,39-40,46-54,75H,13-16,23-26,31-38,65H2,1-3H3,(H,66,79)(H,67,77)(H,68,80)(H,69,76)(H,70,78)(H,85,86)/t40-,46-,47-,48-,49-,50-,51-,52-,53-,54-/m0/s1. The van der Waals surface area contributed by atoms with Crippen LogP contribution >= 0.6 is 0 Å². The number of nitrogens with two attached hydrogens (primary N) is 1. The van der Waals surface area contributed by atoms with Crippen LogP contribution in [0.25, 0.3) is 0 Å². The van der Waals surface area contributed by atoms with Gasteiger partial charge >= 0.3 is 5.97 Å².